The summed E-state index contributed by atoms with van der Waals surface area (Å²) in [5.41, 5.74) is 0.962. The lowest BCUT2D eigenvalue weighted by Gasteiger charge is -2.19. The zero-order valence-corrected chi connectivity index (χ0v) is 9.00. The van der Waals surface area contributed by atoms with Gasteiger partial charge in [-0.15, -0.1) is 0 Å². The molecule has 0 amide bonds. The number of hydrogen-bond acceptors (Lipinski definition) is 3. The number of nitrogens with zero attached hydrogens (tertiary/aromatic N) is 1. The van der Waals surface area contributed by atoms with Crippen LogP contribution in [0.25, 0.3) is 0 Å². The number of aromatic nitrogens is 1. The highest BCUT2D eigenvalue weighted by Gasteiger charge is 2.18. The van der Waals surface area contributed by atoms with E-state index in [0.717, 1.165) is 5.56 Å². The van der Waals surface area contributed by atoms with E-state index in [4.69, 9.17) is 4.74 Å². The van der Waals surface area contributed by atoms with Crippen molar-refractivity contribution >= 4 is 5.97 Å². The first kappa shape index (κ1) is 10.7. The summed E-state index contributed by atoms with van der Waals surface area (Å²) in [6, 6.07) is 1.67. The van der Waals surface area contributed by atoms with E-state index in [1.165, 1.54) is 0 Å². The lowest BCUT2D eigenvalue weighted by molar-refractivity contribution is 0.00686. The smallest absolute Gasteiger partial charge is 0.339 e. The van der Waals surface area contributed by atoms with Crippen LogP contribution in [0.3, 0.4) is 0 Å². The monoisotopic (exact) mass is 193 g/mol. The van der Waals surface area contributed by atoms with E-state index >= 15 is 0 Å². The highest BCUT2D eigenvalue weighted by atomic mass is 16.6. The summed E-state index contributed by atoms with van der Waals surface area (Å²) in [6.45, 7) is 7.39. The molecule has 0 N–H and O–H groups in total. The average molecular weight is 193 g/mol. The summed E-state index contributed by atoms with van der Waals surface area (Å²) < 4.78 is 5.24. The van der Waals surface area contributed by atoms with Gasteiger partial charge in [0.05, 0.1) is 5.56 Å². The van der Waals surface area contributed by atoms with Crippen LogP contribution in [0.5, 0.6) is 0 Å². The van der Waals surface area contributed by atoms with Crippen molar-refractivity contribution in [2.75, 3.05) is 0 Å². The molecule has 0 bridgehead atoms. The van der Waals surface area contributed by atoms with E-state index in [1.807, 2.05) is 27.7 Å². The Morgan fingerprint density at radius 1 is 1.43 bits per heavy atom. The second-order valence-corrected chi connectivity index (χ2v) is 4.19. The number of esters is 1. The second kappa shape index (κ2) is 3.78. The van der Waals surface area contributed by atoms with Crippen molar-refractivity contribution in [3.63, 3.8) is 0 Å². The molecule has 1 aromatic rings. The molecule has 1 aromatic heterocycles. The third-order valence-electron chi connectivity index (χ3n) is 1.64. The highest BCUT2D eigenvalue weighted by Crippen LogP contribution is 2.13. The molecule has 1 heterocycles. The molecule has 0 saturated carbocycles. The summed E-state index contributed by atoms with van der Waals surface area (Å²) in [6.07, 6.45) is 3.24. The van der Waals surface area contributed by atoms with Crippen molar-refractivity contribution in [3.05, 3.63) is 29.6 Å². The van der Waals surface area contributed by atoms with Gasteiger partial charge in [0.15, 0.2) is 0 Å². The molecule has 0 atom stereocenters. The van der Waals surface area contributed by atoms with E-state index in [2.05, 4.69) is 4.98 Å². The van der Waals surface area contributed by atoms with Crippen molar-refractivity contribution in [2.45, 2.75) is 33.3 Å². The first-order chi connectivity index (χ1) is 6.40. The Balaban J connectivity index is 2.86. The maximum absolute atomic E-state index is 11.6. The molecule has 3 heteroatoms. The molecule has 0 spiro atoms. The molecule has 76 valence electrons. The van der Waals surface area contributed by atoms with E-state index in [-0.39, 0.29) is 5.97 Å². The van der Waals surface area contributed by atoms with Crippen LogP contribution in [0, 0.1) is 6.92 Å². The molecule has 14 heavy (non-hydrogen) atoms. The predicted octanol–water partition coefficient (Wildman–Crippen LogP) is 2.35. The molecular formula is C11H15NO2. The molecule has 0 fully saturated rings. The zero-order valence-electron chi connectivity index (χ0n) is 9.00. The summed E-state index contributed by atoms with van der Waals surface area (Å²) in [4.78, 5) is 15.5. The van der Waals surface area contributed by atoms with Gasteiger partial charge in [-0.05, 0) is 39.3 Å². The standard InChI is InChI=1S/C11H15NO2/c1-8-7-12-6-5-9(8)10(13)14-11(2,3)4/h5-7H,1-4H3. The fourth-order valence-corrected chi connectivity index (χ4v) is 1.04. The molecule has 0 saturated heterocycles. The summed E-state index contributed by atoms with van der Waals surface area (Å²) in [5, 5.41) is 0. The minimum Gasteiger partial charge on any atom is -0.456 e. The molecule has 0 aliphatic carbocycles. The average Bonchev–Trinajstić information content (AvgIpc) is 2.01. The number of rotatable bonds is 1. The Kier molecular flexibility index (Phi) is 2.89. The second-order valence-electron chi connectivity index (χ2n) is 4.19. The quantitative estimate of drug-likeness (QED) is 0.642. The Bertz CT molecular complexity index is 339. The van der Waals surface area contributed by atoms with Crippen LogP contribution in [0.1, 0.15) is 36.7 Å². The Labute approximate surface area is 84.1 Å². The van der Waals surface area contributed by atoms with Gasteiger partial charge in [0.1, 0.15) is 5.60 Å². The van der Waals surface area contributed by atoms with Crippen LogP contribution < -0.4 is 0 Å². The normalized spacial score (nSPS) is 11.1. The Morgan fingerprint density at radius 3 is 2.57 bits per heavy atom. The van der Waals surface area contributed by atoms with Gasteiger partial charge in [-0.3, -0.25) is 4.98 Å². The van der Waals surface area contributed by atoms with Crippen LogP contribution in [-0.2, 0) is 4.74 Å². The van der Waals surface area contributed by atoms with Gasteiger partial charge in [0.2, 0.25) is 0 Å². The molecule has 1 rings (SSSR count). The number of aryl methyl sites for hydroxylation is 1. The van der Waals surface area contributed by atoms with Crippen molar-refractivity contribution in [1.29, 1.82) is 0 Å². The first-order valence-corrected chi connectivity index (χ1v) is 4.54. The summed E-state index contributed by atoms with van der Waals surface area (Å²) in [7, 11) is 0. The van der Waals surface area contributed by atoms with Gasteiger partial charge >= 0.3 is 5.97 Å². The third-order valence-corrected chi connectivity index (χ3v) is 1.64. The van der Waals surface area contributed by atoms with Gasteiger partial charge in [-0.25, -0.2) is 4.79 Å². The summed E-state index contributed by atoms with van der Waals surface area (Å²) in [5.74, 6) is -0.294. The van der Waals surface area contributed by atoms with E-state index < -0.39 is 5.60 Å². The van der Waals surface area contributed by atoms with Crippen molar-refractivity contribution in [1.82, 2.24) is 4.98 Å². The molecule has 0 unspecified atom stereocenters. The molecule has 0 aromatic carbocycles. The van der Waals surface area contributed by atoms with Crippen LogP contribution in [0.4, 0.5) is 0 Å². The number of ether oxygens (including phenoxy) is 1. The van der Waals surface area contributed by atoms with Crippen LogP contribution >= 0.6 is 0 Å². The molecule has 0 aliphatic rings. The third kappa shape index (κ3) is 2.83. The number of carbonyl (C=O) groups is 1. The lowest BCUT2D eigenvalue weighted by Crippen LogP contribution is -2.24. The topological polar surface area (TPSA) is 39.2 Å². The fourth-order valence-electron chi connectivity index (χ4n) is 1.04. The molecule has 3 nitrogen and oxygen atoms in total. The van der Waals surface area contributed by atoms with Gasteiger partial charge in [0, 0.05) is 12.4 Å². The van der Waals surface area contributed by atoms with Gasteiger partial charge in [-0.2, -0.15) is 0 Å². The Morgan fingerprint density at radius 2 is 2.07 bits per heavy atom. The minimum absolute atomic E-state index is 0.294. The van der Waals surface area contributed by atoms with Crippen LogP contribution in [0.2, 0.25) is 0 Å². The fraction of sp³-hybridized carbons (Fsp3) is 0.455. The van der Waals surface area contributed by atoms with E-state index in [0.29, 0.717) is 5.56 Å². The first-order valence-electron chi connectivity index (χ1n) is 4.54. The highest BCUT2D eigenvalue weighted by molar-refractivity contribution is 5.91. The SMILES string of the molecule is Cc1cnccc1C(=O)OC(C)(C)C. The molecule has 0 aliphatic heterocycles. The van der Waals surface area contributed by atoms with E-state index in [9.17, 15) is 4.79 Å². The molecule has 0 radical (unpaired) electrons. The maximum atomic E-state index is 11.6. The lowest BCUT2D eigenvalue weighted by atomic mass is 10.1. The number of hydrogen-bond donors (Lipinski definition) is 0. The zero-order chi connectivity index (χ0) is 10.8. The van der Waals surface area contributed by atoms with Gasteiger partial charge in [-0.1, -0.05) is 0 Å². The van der Waals surface area contributed by atoms with Crippen molar-refractivity contribution in [2.24, 2.45) is 0 Å². The summed E-state index contributed by atoms with van der Waals surface area (Å²) >= 11 is 0. The number of carbonyl (C=O) groups excluding carboxylic acids is 1. The minimum atomic E-state index is -0.452. The van der Waals surface area contributed by atoms with E-state index in [1.54, 1.807) is 18.5 Å². The van der Waals surface area contributed by atoms with Crippen LogP contribution in [-0.4, -0.2) is 16.6 Å². The number of pyridine rings is 1. The van der Waals surface area contributed by atoms with Gasteiger partial charge in [0.25, 0.3) is 0 Å². The maximum Gasteiger partial charge on any atom is 0.339 e. The largest absolute Gasteiger partial charge is 0.456 e. The molecular weight excluding hydrogens is 178 g/mol. The van der Waals surface area contributed by atoms with Crippen LogP contribution in [0.15, 0.2) is 18.5 Å². The predicted molar refractivity (Wildman–Crippen MR) is 54.1 cm³/mol. The van der Waals surface area contributed by atoms with Gasteiger partial charge < -0.3 is 4.74 Å². The van der Waals surface area contributed by atoms with Crippen molar-refractivity contribution in [3.8, 4) is 0 Å². The van der Waals surface area contributed by atoms with Crippen molar-refractivity contribution < 1.29 is 9.53 Å². The Hall–Kier alpha value is -1.38.